The van der Waals surface area contributed by atoms with Crippen LogP contribution in [0.25, 0.3) is 10.9 Å². The molecule has 1 aromatic heterocycles. The van der Waals surface area contributed by atoms with E-state index in [9.17, 15) is 18.9 Å². The first-order valence-corrected chi connectivity index (χ1v) is 6.63. The van der Waals surface area contributed by atoms with E-state index in [-0.39, 0.29) is 21.7 Å². The summed E-state index contributed by atoms with van der Waals surface area (Å²) in [6, 6.07) is 5.73. The van der Waals surface area contributed by atoms with E-state index in [1.165, 1.54) is 12.1 Å². The van der Waals surface area contributed by atoms with Crippen molar-refractivity contribution in [3.63, 3.8) is 0 Å². The number of nitro groups is 1. The van der Waals surface area contributed by atoms with Gasteiger partial charge in [-0.2, -0.15) is 4.39 Å². The Kier molecular flexibility index (Phi) is 3.75. The van der Waals surface area contributed by atoms with Crippen LogP contribution in [0.2, 0.25) is 5.02 Å². The maximum Gasteiger partial charge on any atom is 0.305 e. The fourth-order valence-electron chi connectivity index (χ4n) is 2.07. The fourth-order valence-corrected chi connectivity index (χ4v) is 2.29. The summed E-state index contributed by atoms with van der Waals surface area (Å²) in [6.45, 7) is 0. The van der Waals surface area contributed by atoms with Crippen molar-refractivity contribution in [3.05, 3.63) is 63.4 Å². The van der Waals surface area contributed by atoms with Gasteiger partial charge in [-0.25, -0.2) is 14.4 Å². The number of rotatable bonds is 3. The summed E-state index contributed by atoms with van der Waals surface area (Å²) < 4.78 is 27.0. The topological polar surface area (TPSA) is 81.0 Å². The molecule has 0 aliphatic carbocycles. The minimum Gasteiger partial charge on any atom is -0.339 e. The Morgan fingerprint density at radius 1 is 1.13 bits per heavy atom. The smallest absolute Gasteiger partial charge is 0.305 e. The third-order valence-electron chi connectivity index (χ3n) is 3.03. The molecule has 6 nitrogen and oxygen atoms in total. The maximum atomic E-state index is 13.6. The van der Waals surface area contributed by atoms with Crippen molar-refractivity contribution in [1.29, 1.82) is 0 Å². The van der Waals surface area contributed by atoms with Crippen molar-refractivity contribution in [3.8, 4) is 0 Å². The Bertz CT molecular complexity index is 916. The summed E-state index contributed by atoms with van der Waals surface area (Å²) in [5, 5.41) is 14.0. The van der Waals surface area contributed by atoms with E-state index < -0.39 is 22.2 Å². The van der Waals surface area contributed by atoms with Gasteiger partial charge >= 0.3 is 5.69 Å². The highest BCUT2D eigenvalue weighted by atomic mass is 35.5. The van der Waals surface area contributed by atoms with Crippen molar-refractivity contribution >= 4 is 39.7 Å². The van der Waals surface area contributed by atoms with Crippen LogP contribution in [0.4, 0.5) is 26.0 Å². The molecule has 0 bridgehead atoms. The van der Waals surface area contributed by atoms with Crippen LogP contribution < -0.4 is 5.32 Å². The highest BCUT2D eigenvalue weighted by Gasteiger charge is 2.18. The van der Waals surface area contributed by atoms with Crippen molar-refractivity contribution in [1.82, 2.24) is 9.97 Å². The molecule has 0 aliphatic rings. The quantitative estimate of drug-likeness (QED) is 0.572. The minimum atomic E-state index is -0.999. The molecule has 0 radical (unpaired) electrons. The van der Waals surface area contributed by atoms with E-state index in [1.807, 2.05) is 0 Å². The van der Waals surface area contributed by atoms with Gasteiger partial charge in [0.1, 0.15) is 18.0 Å². The van der Waals surface area contributed by atoms with Crippen LogP contribution in [0, 0.1) is 21.7 Å². The van der Waals surface area contributed by atoms with Gasteiger partial charge in [0.05, 0.1) is 15.8 Å². The number of hydrogen-bond donors (Lipinski definition) is 1. The lowest BCUT2D eigenvalue weighted by molar-refractivity contribution is -0.387. The number of aromatic nitrogens is 2. The summed E-state index contributed by atoms with van der Waals surface area (Å²) in [5.74, 6) is -1.39. The molecule has 9 heteroatoms. The second-order valence-electron chi connectivity index (χ2n) is 4.58. The van der Waals surface area contributed by atoms with E-state index in [0.717, 1.165) is 24.5 Å². The monoisotopic (exact) mass is 336 g/mol. The van der Waals surface area contributed by atoms with Crippen molar-refractivity contribution in [2.45, 2.75) is 0 Å². The molecule has 2 aromatic carbocycles. The first kappa shape index (κ1) is 15.0. The number of nitro benzene ring substituents is 1. The molecule has 0 fully saturated rings. The SMILES string of the molecule is O=[N+]([O-])c1cc2c(Nc3cc(F)cc(Cl)c3)ncnc2cc1F. The van der Waals surface area contributed by atoms with Gasteiger partial charge in [-0.05, 0) is 18.2 Å². The Labute approximate surface area is 132 Å². The number of nitrogens with zero attached hydrogens (tertiary/aromatic N) is 3. The van der Waals surface area contributed by atoms with Gasteiger partial charge in [0.2, 0.25) is 5.82 Å². The van der Waals surface area contributed by atoms with Crippen LogP contribution in [0.5, 0.6) is 0 Å². The second kappa shape index (κ2) is 5.73. The summed E-state index contributed by atoms with van der Waals surface area (Å²) >= 11 is 5.77. The predicted molar refractivity (Wildman–Crippen MR) is 80.8 cm³/mol. The Morgan fingerprint density at radius 2 is 1.91 bits per heavy atom. The fraction of sp³-hybridized carbons (Fsp3) is 0. The zero-order valence-corrected chi connectivity index (χ0v) is 12.0. The number of halogens is 3. The molecule has 0 amide bonds. The van der Waals surface area contributed by atoms with Crippen molar-refractivity contribution in [2.75, 3.05) is 5.32 Å². The van der Waals surface area contributed by atoms with Gasteiger partial charge in [0.25, 0.3) is 0 Å². The van der Waals surface area contributed by atoms with Crippen molar-refractivity contribution < 1.29 is 13.7 Å². The van der Waals surface area contributed by atoms with Crippen LogP contribution in [0.3, 0.4) is 0 Å². The molecule has 116 valence electrons. The molecule has 1 N–H and O–H groups in total. The molecule has 0 aliphatic heterocycles. The molecular formula is C14H7ClF2N4O2. The van der Waals surface area contributed by atoms with Gasteiger partial charge in [-0.15, -0.1) is 0 Å². The molecule has 3 rings (SSSR count). The van der Waals surface area contributed by atoms with Crippen LogP contribution in [0.1, 0.15) is 0 Å². The van der Waals surface area contributed by atoms with E-state index in [1.54, 1.807) is 0 Å². The van der Waals surface area contributed by atoms with E-state index in [0.29, 0.717) is 5.69 Å². The van der Waals surface area contributed by atoms with Gasteiger partial charge < -0.3 is 5.32 Å². The standard InChI is InChI=1S/C14H7ClF2N4O2/c15-7-1-8(16)3-9(2-7)20-14-10-4-13(21(22)23)11(17)5-12(10)18-6-19-14/h1-6H,(H,18,19,20). The first-order valence-electron chi connectivity index (χ1n) is 6.26. The number of fused-ring (bicyclic) bond motifs is 1. The normalized spacial score (nSPS) is 10.7. The first-order chi connectivity index (χ1) is 10.9. The summed E-state index contributed by atoms with van der Waals surface area (Å²) in [7, 11) is 0. The average molecular weight is 337 g/mol. The van der Waals surface area contributed by atoms with Gasteiger partial charge in [-0.3, -0.25) is 10.1 Å². The van der Waals surface area contributed by atoms with Crippen LogP contribution in [-0.4, -0.2) is 14.9 Å². The Hall–Kier alpha value is -2.87. The zero-order chi connectivity index (χ0) is 16.6. The molecule has 0 spiro atoms. The number of anilines is 2. The number of nitrogens with one attached hydrogen (secondary N) is 1. The molecular weight excluding hydrogens is 330 g/mol. The molecule has 1 heterocycles. The average Bonchev–Trinajstić information content (AvgIpc) is 2.45. The number of hydrogen-bond acceptors (Lipinski definition) is 5. The highest BCUT2D eigenvalue weighted by molar-refractivity contribution is 6.30. The van der Waals surface area contributed by atoms with Crippen LogP contribution in [-0.2, 0) is 0 Å². The summed E-state index contributed by atoms with van der Waals surface area (Å²) in [5.41, 5.74) is -0.234. The molecule has 0 atom stereocenters. The molecule has 23 heavy (non-hydrogen) atoms. The third-order valence-corrected chi connectivity index (χ3v) is 3.24. The number of benzene rings is 2. The highest BCUT2D eigenvalue weighted by Crippen LogP contribution is 2.29. The Morgan fingerprint density at radius 3 is 2.61 bits per heavy atom. The van der Waals surface area contributed by atoms with E-state index >= 15 is 0 Å². The zero-order valence-electron chi connectivity index (χ0n) is 11.3. The summed E-state index contributed by atoms with van der Waals surface area (Å²) in [4.78, 5) is 17.8. The van der Waals surface area contributed by atoms with Gasteiger partial charge in [0.15, 0.2) is 0 Å². The predicted octanol–water partition coefficient (Wildman–Crippen LogP) is 4.21. The van der Waals surface area contributed by atoms with E-state index in [4.69, 9.17) is 11.6 Å². The largest absolute Gasteiger partial charge is 0.339 e. The van der Waals surface area contributed by atoms with E-state index in [2.05, 4.69) is 15.3 Å². The van der Waals surface area contributed by atoms with Crippen molar-refractivity contribution in [2.24, 2.45) is 0 Å². The lowest BCUT2D eigenvalue weighted by Gasteiger charge is -2.09. The second-order valence-corrected chi connectivity index (χ2v) is 5.02. The maximum absolute atomic E-state index is 13.6. The van der Waals surface area contributed by atoms with Gasteiger partial charge in [0, 0.05) is 22.8 Å². The molecule has 3 aromatic rings. The summed E-state index contributed by atoms with van der Waals surface area (Å²) in [6.07, 6.45) is 1.16. The molecule has 0 unspecified atom stereocenters. The molecule has 0 saturated carbocycles. The lowest BCUT2D eigenvalue weighted by atomic mass is 10.2. The molecule has 0 saturated heterocycles. The van der Waals surface area contributed by atoms with Crippen LogP contribution >= 0.6 is 11.6 Å². The lowest BCUT2D eigenvalue weighted by Crippen LogP contribution is -1.99. The van der Waals surface area contributed by atoms with Crippen LogP contribution in [0.15, 0.2) is 36.7 Å². The minimum absolute atomic E-state index is 0.166. The third kappa shape index (κ3) is 3.02. The van der Waals surface area contributed by atoms with Gasteiger partial charge in [-0.1, -0.05) is 11.6 Å². The Balaban J connectivity index is 2.13.